The maximum Gasteiger partial charge on any atom is 0.255 e. The van der Waals surface area contributed by atoms with E-state index in [1.807, 2.05) is 45.6 Å². The molecule has 1 atom stereocenters. The number of piperidine rings is 1. The summed E-state index contributed by atoms with van der Waals surface area (Å²) in [6, 6.07) is 1.71. The van der Waals surface area contributed by atoms with Gasteiger partial charge in [0.1, 0.15) is 5.76 Å². The van der Waals surface area contributed by atoms with E-state index in [1.165, 1.54) is 19.7 Å². The number of carbonyl (C=O) groups is 1. The maximum atomic E-state index is 13.3. The number of phenols is 1. The van der Waals surface area contributed by atoms with E-state index in [0.29, 0.717) is 28.2 Å². The van der Waals surface area contributed by atoms with Crippen molar-refractivity contribution in [3.8, 4) is 11.5 Å². The number of hydrogen-bond donors (Lipinski definition) is 1. The van der Waals surface area contributed by atoms with Gasteiger partial charge in [-0.15, -0.1) is 0 Å². The van der Waals surface area contributed by atoms with Gasteiger partial charge in [-0.25, -0.2) is 0 Å². The van der Waals surface area contributed by atoms with Crippen LogP contribution in [0.5, 0.6) is 11.5 Å². The van der Waals surface area contributed by atoms with Crippen LogP contribution in [0, 0.1) is 6.92 Å². The zero-order chi connectivity index (χ0) is 25.4. The second-order valence-electron chi connectivity index (χ2n) is 8.17. The summed E-state index contributed by atoms with van der Waals surface area (Å²) in [5.74, 6) is 0.966. The second-order valence-corrected chi connectivity index (χ2v) is 9.56. The molecule has 0 aliphatic carbocycles. The molecule has 1 aliphatic rings. The van der Waals surface area contributed by atoms with Crippen LogP contribution in [0.3, 0.4) is 0 Å². The van der Waals surface area contributed by atoms with Crippen molar-refractivity contribution in [2.75, 3.05) is 33.0 Å². The first kappa shape index (κ1) is 31.3. The lowest BCUT2D eigenvalue weighted by Crippen LogP contribution is -2.36. The van der Waals surface area contributed by atoms with E-state index >= 15 is 0 Å². The number of rotatable bonds is 8. The summed E-state index contributed by atoms with van der Waals surface area (Å²) < 4.78 is 11.3. The van der Waals surface area contributed by atoms with Crippen molar-refractivity contribution in [2.45, 2.75) is 86.7 Å². The van der Waals surface area contributed by atoms with Gasteiger partial charge in [0.15, 0.2) is 11.5 Å². The molecule has 1 amide bonds. The molecule has 1 unspecified atom stereocenters. The predicted octanol–water partition coefficient (Wildman–Crippen LogP) is 6.97. The number of allylic oxidation sites excluding steroid dienone is 1. The Kier molecular flexibility index (Phi) is 16.8. The molecule has 1 aromatic rings. The number of hydrogen-bond acceptors (Lipinski definition) is 4. The Balaban J connectivity index is 0.00000129. The van der Waals surface area contributed by atoms with E-state index in [9.17, 15) is 9.90 Å². The molecule has 1 saturated heterocycles. The monoisotopic (exact) mass is 482 g/mol. The normalized spacial score (nSPS) is 13.9. The third kappa shape index (κ3) is 9.96. The number of benzene rings is 1. The summed E-state index contributed by atoms with van der Waals surface area (Å²) >= 11 is 0. The summed E-state index contributed by atoms with van der Waals surface area (Å²) in [6.07, 6.45) is 8.77. The Morgan fingerprint density at radius 1 is 1.21 bits per heavy atom. The van der Waals surface area contributed by atoms with Gasteiger partial charge in [-0.05, 0) is 73.6 Å². The van der Waals surface area contributed by atoms with Gasteiger partial charge in [-0.2, -0.15) is 0 Å². The van der Waals surface area contributed by atoms with Gasteiger partial charge in [0.2, 0.25) is 0 Å². The third-order valence-electron chi connectivity index (χ3n) is 5.18. The van der Waals surface area contributed by atoms with Crippen molar-refractivity contribution in [1.29, 1.82) is 0 Å². The lowest BCUT2D eigenvalue weighted by Gasteiger charge is -2.29. The van der Waals surface area contributed by atoms with Crippen LogP contribution in [0.4, 0.5) is 0 Å². The first-order valence-corrected chi connectivity index (χ1v) is 14.6. The maximum absolute atomic E-state index is 13.3. The van der Waals surface area contributed by atoms with E-state index < -0.39 is 0 Å². The number of amides is 1. The van der Waals surface area contributed by atoms with Gasteiger partial charge in [-0.1, -0.05) is 27.7 Å². The molecule has 5 nitrogen and oxygen atoms in total. The molecule has 0 bridgehead atoms. The van der Waals surface area contributed by atoms with Gasteiger partial charge in [0, 0.05) is 30.9 Å². The highest BCUT2D eigenvalue weighted by molar-refractivity contribution is 7.36. The summed E-state index contributed by atoms with van der Waals surface area (Å²) in [4.78, 5) is 15.2. The standard InChI is InChI=1S/C21H31NO4.C4H11P.C2H6/c1-6-10-17(26-14(2)3)16-13-18(25-5)20(23)15(4)19(16)21(24)22-11-8-7-9-12-22;1-3-4-5-2;1-2/h10,13-14,23H,6-9,11-12H2,1-5H3;5H,3-4H2,1-2H3;1-2H3/p+1. The average molecular weight is 483 g/mol. The minimum atomic E-state index is -0.0514. The summed E-state index contributed by atoms with van der Waals surface area (Å²) in [7, 11) is 2.30. The minimum absolute atomic E-state index is 0.0111. The number of likely N-dealkylation sites (tertiary alicyclic amines) is 1. The molecular formula is C27H49NO4P+. The molecule has 0 spiro atoms. The quantitative estimate of drug-likeness (QED) is 0.321. The van der Waals surface area contributed by atoms with E-state index in [0.717, 1.165) is 47.4 Å². The molecule has 2 rings (SSSR count). The largest absolute Gasteiger partial charge is 0.504 e. The molecule has 0 radical (unpaired) electrons. The Bertz CT molecular complexity index is 723. The van der Waals surface area contributed by atoms with E-state index in [-0.39, 0.29) is 17.8 Å². The summed E-state index contributed by atoms with van der Waals surface area (Å²) in [6.45, 7) is 17.7. The van der Waals surface area contributed by atoms with Gasteiger partial charge < -0.3 is 19.5 Å². The van der Waals surface area contributed by atoms with Crippen molar-refractivity contribution in [3.05, 3.63) is 28.8 Å². The average Bonchev–Trinajstić information content (AvgIpc) is 2.82. The molecule has 6 heteroatoms. The Morgan fingerprint density at radius 2 is 1.82 bits per heavy atom. The fourth-order valence-electron chi connectivity index (χ4n) is 3.61. The van der Waals surface area contributed by atoms with Crippen molar-refractivity contribution >= 4 is 20.2 Å². The molecule has 33 heavy (non-hydrogen) atoms. The van der Waals surface area contributed by atoms with Crippen LogP contribution >= 0.6 is 8.58 Å². The number of methoxy groups -OCH3 is 1. The van der Waals surface area contributed by atoms with Crippen molar-refractivity contribution in [2.24, 2.45) is 0 Å². The van der Waals surface area contributed by atoms with E-state index in [4.69, 9.17) is 9.47 Å². The molecule has 0 saturated carbocycles. The summed E-state index contributed by atoms with van der Waals surface area (Å²) in [5, 5.41) is 10.5. The van der Waals surface area contributed by atoms with Gasteiger partial charge in [0.05, 0.1) is 24.9 Å². The number of phenolic OH excluding ortho intramolecular Hbond substituents is 1. The fourth-order valence-corrected chi connectivity index (χ4v) is 4.18. The third-order valence-corrected chi connectivity index (χ3v) is 6.34. The lowest BCUT2D eigenvalue weighted by molar-refractivity contribution is 0.0721. The zero-order valence-corrected chi connectivity index (χ0v) is 23.7. The smallest absolute Gasteiger partial charge is 0.255 e. The molecule has 1 heterocycles. The summed E-state index contributed by atoms with van der Waals surface area (Å²) in [5.41, 5.74) is 1.72. The predicted molar refractivity (Wildman–Crippen MR) is 146 cm³/mol. The molecule has 0 aromatic heterocycles. The van der Waals surface area contributed by atoms with Crippen LogP contribution in [0.1, 0.15) is 95.1 Å². The van der Waals surface area contributed by atoms with Crippen LogP contribution < -0.4 is 4.74 Å². The molecule has 1 aromatic carbocycles. The van der Waals surface area contributed by atoms with Crippen LogP contribution in [0.25, 0.3) is 5.76 Å². The van der Waals surface area contributed by atoms with Gasteiger partial charge >= 0.3 is 0 Å². The van der Waals surface area contributed by atoms with Crippen molar-refractivity contribution in [1.82, 2.24) is 4.90 Å². The highest BCUT2D eigenvalue weighted by atomic mass is 31.1. The zero-order valence-electron chi connectivity index (χ0n) is 22.6. The van der Waals surface area contributed by atoms with Crippen LogP contribution in [0.15, 0.2) is 12.1 Å². The lowest BCUT2D eigenvalue weighted by atomic mass is 9.96. The number of aromatic hydroxyl groups is 1. The molecular weight excluding hydrogens is 433 g/mol. The Labute approximate surface area is 204 Å². The fraction of sp³-hybridized carbons (Fsp3) is 0.667. The molecule has 1 aliphatic heterocycles. The van der Waals surface area contributed by atoms with Crippen LogP contribution in [-0.4, -0.2) is 55.0 Å². The van der Waals surface area contributed by atoms with Crippen LogP contribution in [-0.2, 0) is 4.74 Å². The second kappa shape index (κ2) is 17.7. The first-order chi connectivity index (χ1) is 15.8. The van der Waals surface area contributed by atoms with E-state index in [1.54, 1.807) is 13.0 Å². The van der Waals surface area contributed by atoms with Gasteiger partial charge in [-0.3, -0.25) is 4.79 Å². The highest BCUT2D eigenvalue weighted by Crippen LogP contribution is 2.38. The topological polar surface area (TPSA) is 59.0 Å². The van der Waals surface area contributed by atoms with Crippen molar-refractivity contribution in [3.63, 3.8) is 0 Å². The van der Waals surface area contributed by atoms with Crippen LogP contribution in [0.2, 0.25) is 0 Å². The Morgan fingerprint density at radius 3 is 2.24 bits per heavy atom. The number of nitrogens with zero attached hydrogens (tertiary/aromatic N) is 1. The van der Waals surface area contributed by atoms with E-state index in [2.05, 4.69) is 13.6 Å². The molecule has 1 N–H and O–H groups in total. The molecule has 190 valence electrons. The first-order valence-electron chi connectivity index (χ1n) is 12.7. The Hall–Kier alpha value is -1.74. The van der Waals surface area contributed by atoms with Gasteiger partial charge in [0.25, 0.3) is 5.91 Å². The number of ether oxygens (including phenoxy) is 2. The van der Waals surface area contributed by atoms with Crippen molar-refractivity contribution < 1.29 is 19.4 Å². The molecule has 1 fully saturated rings. The number of carbonyl (C=O) groups excluding carboxylic acids is 1. The highest BCUT2D eigenvalue weighted by Gasteiger charge is 2.28. The SMILES string of the molecule is CC.CCC=C(OC(C)C)c1cc(OC)c(O)c(C)c1C(=O)N1CCCCC1.CCC[PH2+]C. The minimum Gasteiger partial charge on any atom is -0.504 e.